The van der Waals surface area contributed by atoms with Crippen LogP contribution in [0.25, 0.3) is 10.8 Å². The minimum atomic E-state index is -1.49. The Hall–Kier alpha value is -3.28. The third-order valence-corrected chi connectivity index (χ3v) is 4.20. The smallest absolute Gasteiger partial charge is 0.457 e. The Morgan fingerprint density at radius 2 is 1.30 bits per heavy atom. The normalized spacial score (nSPS) is 10.6. The first-order valence-corrected chi connectivity index (χ1v) is 8.59. The van der Waals surface area contributed by atoms with Gasteiger partial charge >= 0.3 is 7.12 Å². The first-order chi connectivity index (χ1) is 13.2. The van der Waals surface area contributed by atoms with Gasteiger partial charge in [0.05, 0.1) is 0 Å². The van der Waals surface area contributed by atoms with Crippen LogP contribution < -0.4 is 14.9 Å². The molecule has 0 spiro atoms. The van der Waals surface area contributed by atoms with Crippen molar-refractivity contribution in [2.24, 2.45) is 0 Å². The van der Waals surface area contributed by atoms with Gasteiger partial charge in [-0.2, -0.15) is 0 Å². The summed E-state index contributed by atoms with van der Waals surface area (Å²) in [6.07, 6.45) is 0. The van der Waals surface area contributed by atoms with Gasteiger partial charge in [-0.15, -0.1) is 0 Å². The minimum absolute atomic E-state index is 0. The lowest BCUT2D eigenvalue weighted by molar-refractivity contribution is 0.425. The summed E-state index contributed by atoms with van der Waals surface area (Å²) in [6, 6.07) is 28.0. The van der Waals surface area contributed by atoms with Crippen LogP contribution in [0.1, 0.15) is 2.85 Å². The first kappa shape index (κ1) is 17.2. The first-order valence-electron chi connectivity index (χ1n) is 8.59. The Labute approximate surface area is 160 Å². The van der Waals surface area contributed by atoms with Crippen LogP contribution in [0.4, 0.5) is 0 Å². The molecule has 4 nitrogen and oxygen atoms in total. The topological polar surface area (TPSA) is 58.9 Å². The summed E-state index contributed by atoms with van der Waals surface area (Å²) < 4.78 is 11.9. The van der Waals surface area contributed by atoms with Gasteiger partial charge in [-0.1, -0.05) is 54.6 Å². The molecule has 0 atom stereocenters. The van der Waals surface area contributed by atoms with Crippen molar-refractivity contribution >= 4 is 23.4 Å². The van der Waals surface area contributed by atoms with E-state index in [9.17, 15) is 0 Å². The molecule has 0 saturated carbocycles. The number of fused-ring (bicyclic) bond motifs is 1. The summed E-state index contributed by atoms with van der Waals surface area (Å²) in [7, 11) is -1.49. The molecule has 0 aliphatic rings. The van der Waals surface area contributed by atoms with Crippen LogP contribution in [-0.4, -0.2) is 17.2 Å². The van der Waals surface area contributed by atoms with Crippen LogP contribution in [0.3, 0.4) is 0 Å². The Bertz CT molecular complexity index is 1070. The van der Waals surface area contributed by atoms with Gasteiger partial charge in [0.15, 0.2) is 0 Å². The monoisotopic (exact) mass is 360 g/mol. The van der Waals surface area contributed by atoms with Crippen LogP contribution in [0.2, 0.25) is 0 Å². The Morgan fingerprint density at radius 1 is 0.630 bits per heavy atom. The molecule has 0 amide bonds. The van der Waals surface area contributed by atoms with Crippen molar-refractivity contribution in [2.75, 3.05) is 0 Å². The van der Waals surface area contributed by atoms with Crippen LogP contribution >= 0.6 is 0 Å². The molecule has 27 heavy (non-hydrogen) atoms. The van der Waals surface area contributed by atoms with Crippen molar-refractivity contribution in [3.63, 3.8) is 0 Å². The largest absolute Gasteiger partial charge is 0.488 e. The van der Waals surface area contributed by atoms with E-state index in [4.69, 9.17) is 19.5 Å². The number of benzene rings is 4. The molecule has 136 valence electrons. The summed E-state index contributed by atoms with van der Waals surface area (Å²) >= 11 is 0. The van der Waals surface area contributed by atoms with Crippen molar-refractivity contribution < 1.29 is 22.4 Å². The molecule has 4 aromatic rings. The lowest BCUT2D eigenvalue weighted by Crippen LogP contribution is -2.29. The van der Waals surface area contributed by atoms with E-state index in [2.05, 4.69) is 12.1 Å². The van der Waals surface area contributed by atoms with Gasteiger partial charge < -0.3 is 19.5 Å². The Morgan fingerprint density at radius 3 is 2.07 bits per heavy atom. The maximum Gasteiger partial charge on any atom is 0.488 e. The second-order valence-corrected chi connectivity index (χ2v) is 6.10. The van der Waals surface area contributed by atoms with Gasteiger partial charge in [0.25, 0.3) is 0 Å². The molecular weight excluding hydrogens is 339 g/mol. The number of hydrogen-bond acceptors (Lipinski definition) is 4. The summed E-state index contributed by atoms with van der Waals surface area (Å²) in [4.78, 5) is 0. The SMILES string of the molecule is OB(O)c1ccc(Oc2cccc(Oc3cccc4ccccc34)c2)cc1.[HH].[HH]. The predicted octanol–water partition coefficient (Wildman–Crippen LogP) is 4.60. The zero-order valence-corrected chi connectivity index (χ0v) is 14.4. The predicted molar refractivity (Wildman–Crippen MR) is 111 cm³/mol. The second kappa shape index (κ2) is 7.54. The summed E-state index contributed by atoms with van der Waals surface area (Å²) in [5.41, 5.74) is 0.412. The molecule has 4 aromatic carbocycles. The molecule has 2 N–H and O–H groups in total. The molecule has 0 saturated heterocycles. The van der Waals surface area contributed by atoms with E-state index in [1.807, 2.05) is 54.6 Å². The van der Waals surface area contributed by atoms with E-state index < -0.39 is 7.12 Å². The minimum Gasteiger partial charge on any atom is -0.457 e. The molecule has 0 aliphatic heterocycles. The maximum absolute atomic E-state index is 9.15. The van der Waals surface area contributed by atoms with Crippen molar-refractivity contribution in [1.82, 2.24) is 0 Å². The quantitative estimate of drug-likeness (QED) is 0.511. The Kier molecular flexibility index (Phi) is 4.79. The van der Waals surface area contributed by atoms with Gasteiger partial charge in [-0.05, 0) is 41.2 Å². The molecule has 0 fully saturated rings. The molecule has 4 rings (SSSR count). The van der Waals surface area contributed by atoms with E-state index in [0.717, 1.165) is 16.5 Å². The second-order valence-electron chi connectivity index (χ2n) is 6.10. The van der Waals surface area contributed by atoms with Gasteiger partial charge in [0.2, 0.25) is 0 Å². The summed E-state index contributed by atoms with van der Waals surface area (Å²) in [5.74, 6) is 2.68. The van der Waals surface area contributed by atoms with Gasteiger partial charge in [-0.25, -0.2) is 0 Å². The van der Waals surface area contributed by atoms with Crippen molar-refractivity contribution in [1.29, 1.82) is 0 Å². The molecule has 0 radical (unpaired) electrons. The third kappa shape index (κ3) is 3.95. The summed E-state index contributed by atoms with van der Waals surface area (Å²) in [5, 5.41) is 20.5. The average Bonchev–Trinajstić information content (AvgIpc) is 2.69. The van der Waals surface area contributed by atoms with Crippen LogP contribution in [-0.2, 0) is 0 Å². The molecule has 0 unspecified atom stereocenters. The highest BCUT2D eigenvalue weighted by Crippen LogP contribution is 2.32. The van der Waals surface area contributed by atoms with Crippen LogP contribution in [0, 0.1) is 0 Å². The molecule has 0 heterocycles. The summed E-state index contributed by atoms with van der Waals surface area (Å²) in [6.45, 7) is 0. The number of ether oxygens (including phenoxy) is 2. The highest BCUT2D eigenvalue weighted by atomic mass is 16.5. The number of hydrogen-bond donors (Lipinski definition) is 2. The van der Waals surface area contributed by atoms with Gasteiger partial charge in [-0.3, -0.25) is 0 Å². The highest BCUT2D eigenvalue weighted by molar-refractivity contribution is 6.58. The lowest BCUT2D eigenvalue weighted by Gasteiger charge is -2.11. The fourth-order valence-electron chi connectivity index (χ4n) is 2.86. The van der Waals surface area contributed by atoms with E-state index in [1.165, 1.54) is 0 Å². The molecule has 0 bridgehead atoms. The van der Waals surface area contributed by atoms with E-state index in [1.54, 1.807) is 24.3 Å². The van der Waals surface area contributed by atoms with Crippen molar-refractivity contribution in [2.45, 2.75) is 0 Å². The maximum atomic E-state index is 9.15. The molecule has 0 aromatic heterocycles. The van der Waals surface area contributed by atoms with E-state index in [-0.39, 0.29) is 2.85 Å². The van der Waals surface area contributed by atoms with Crippen LogP contribution in [0.5, 0.6) is 23.0 Å². The average molecular weight is 360 g/mol. The standard InChI is InChI=1S/C22H17BO4.2H2/c24-23(25)17-11-13-18(14-12-17)26-19-7-4-8-20(15-19)27-22-10-3-6-16-5-1-2-9-21(16)22;;/h1-15,24-25H;2*1H. The fourth-order valence-corrected chi connectivity index (χ4v) is 2.86. The Balaban J connectivity index is 0.00000150. The van der Waals surface area contributed by atoms with Crippen molar-refractivity contribution in [3.8, 4) is 23.0 Å². The molecule has 5 heteroatoms. The van der Waals surface area contributed by atoms with Crippen LogP contribution in [0.15, 0.2) is 91.0 Å². The van der Waals surface area contributed by atoms with E-state index in [0.29, 0.717) is 22.7 Å². The van der Waals surface area contributed by atoms with Crippen molar-refractivity contribution in [3.05, 3.63) is 91.0 Å². The zero-order valence-electron chi connectivity index (χ0n) is 14.4. The third-order valence-electron chi connectivity index (χ3n) is 4.20. The molecule has 0 aliphatic carbocycles. The van der Waals surface area contributed by atoms with E-state index >= 15 is 0 Å². The fraction of sp³-hybridized carbons (Fsp3) is 0. The number of rotatable bonds is 5. The lowest BCUT2D eigenvalue weighted by atomic mass is 9.80. The van der Waals surface area contributed by atoms with Gasteiger partial charge in [0, 0.05) is 14.3 Å². The highest BCUT2D eigenvalue weighted by Gasteiger charge is 2.10. The molecular formula is C22H21BO4. The zero-order chi connectivity index (χ0) is 18.6. The van der Waals surface area contributed by atoms with Gasteiger partial charge in [0.1, 0.15) is 23.0 Å².